The summed E-state index contributed by atoms with van der Waals surface area (Å²) >= 11 is 6.40. The van der Waals surface area contributed by atoms with Gasteiger partial charge in [-0.1, -0.05) is 11.6 Å². The monoisotopic (exact) mass is 295 g/mol. The molecule has 110 valence electrons. The summed E-state index contributed by atoms with van der Waals surface area (Å²) in [6, 6.07) is 4.31. The van der Waals surface area contributed by atoms with E-state index in [1.54, 1.807) is 7.11 Å². The predicted molar refractivity (Wildman–Crippen MR) is 81.0 cm³/mol. The van der Waals surface area contributed by atoms with Crippen LogP contribution >= 0.6 is 11.6 Å². The molecule has 1 saturated carbocycles. The third-order valence-corrected chi connectivity index (χ3v) is 4.51. The summed E-state index contributed by atoms with van der Waals surface area (Å²) in [5.41, 5.74) is 1.09. The molecule has 1 aliphatic heterocycles. The number of halogens is 1. The number of hydrogen-bond acceptors (Lipinski definition) is 3. The fourth-order valence-corrected chi connectivity index (χ4v) is 2.98. The van der Waals surface area contributed by atoms with Crippen LogP contribution in [0.4, 0.5) is 0 Å². The second-order valence-corrected chi connectivity index (χ2v) is 6.22. The quantitative estimate of drug-likeness (QED) is 0.872. The molecule has 2 fully saturated rings. The summed E-state index contributed by atoms with van der Waals surface area (Å²) in [5.74, 6) is 2.36. The molecule has 0 amide bonds. The Morgan fingerprint density at radius 3 is 2.80 bits per heavy atom. The van der Waals surface area contributed by atoms with E-state index in [1.807, 2.05) is 12.1 Å². The summed E-state index contributed by atoms with van der Waals surface area (Å²) in [4.78, 5) is 0. The van der Waals surface area contributed by atoms with Gasteiger partial charge in [-0.2, -0.15) is 0 Å². The van der Waals surface area contributed by atoms with Crippen molar-refractivity contribution >= 4 is 11.6 Å². The molecule has 20 heavy (non-hydrogen) atoms. The molecule has 3 nitrogen and oxygen atoms in total. The third-order valence-electron chi connectivity index (χ3n) is 4.16. The van der Waals surface area contributed by atoms with Gasteiger partial charge in [-0.25, -0.2) is 0 Å². The maximum Gasteiger partial charge on any atom is 0.165 e. The summed E-state index contributed by atoms with van der Waals surface area (Å²) in [7, 11) is 1.69. The van der Waals surface area contributed by atoms with Crippen molar-refractivity contribution in [3.05, 3.63) is 22.7 Å². The van der Waals surface area contributed by atoms with Crippen molar-refractivity contribution < 1.29 is 9.47 Å². The Morgan fingerprint density at radius 1 is 1.30 bits per heavy atom. The Hall–Kier alpha value is -0.930. The molecule has 0 aromatic heterocycles. The lowest BCUT2D eigenvalue weighted by molar-refractivity contribution is 0.276. The summed E-state index contributed by atoms with van der Waals surface area (Å²) in [6.07, 6.45) is 5.92. The number of ether oxygens (including phenoxy) is 2. The summed E-state index contributed by atoms with van der Waals surface area (Å²) in [6.45, 7) is 1.88. The van der Waals surface area contributed by atoms with Crippen LogP contribution in [0.15, 0.2) is 12.1 Å². The number of benzene rings is 1. The summed E-state index contributed by atoms with van der Waals surface area (Å²) < 4.78 is 11.5. The maximum atomic E-state index is 6.40. The first kappa shape index (κ1) is 14.0. The normalized spacial score (nSPS) is 22.0. The van der Waals surface area contributed by atoms with Crippen LogP contribution in [-0.2, 0) is 6.42 Å². The highest BCUT2D eigenvalue weighted by molar-refractivity contribution is 6.31. The van der Waals surface area contributed by atoms with E-state index in [2.05, 4.69) is 5.32 Å². The second-order valence-electron chi connectivity index (χ2n) is 5.81. The van der Waals surface area contributed by atoms with Gasteiger partial charge in [0.2, 0.25) is 0 Å². The largest absolute Gasteiger partial charge is 0.493 e. The molecule has 1 atom stereocenters. The van der Waals surface area contributed by atoms with Crippen LogP contribution in [-0.4, -0.2) is 26.3 Å². The molecule has 1 aromatic rings. The third kappa shape index (κ3) is 3.21. The van der Waals surface area contributed by atoms with Crippen LogP contribution in [0, 0.1) is 5.92 Å². The van der Waals surface area contributed by atoms with Crippen molar-refractivity contribution in [3.8, 4) is 11.5 Å². The van der Waals surface area contributed by atoms with Gasteiger partial charge in [-0.3, -0.25) is 0 Å². The minimum atomic E-state index is 0.503. The highest BCUT2D eigenvalue weighted by Crippen LogP contribution is 2.39. The van der Waals surface area contributed by atoms with Crippen molar-refractivity contribution in [1.29, 1.82) is 0 Å². The van der Waals surface area contributed by atoms with Crippen molar-refractivity contribution in [2.75, 3.05) is 20.3 Å². The van der Waals surface area contributed by atoms with Crippen LogP contribution in [0.2, 0.25) is 5.02 Å². The first-order chi connectivity index (χ1) is 9.78. The Labute approximate surface area is 125 Å². The molecule has 4 heteroatoms. The molecule has 1 aromatic carbocycles. The van der Waals surface area contributed by atoms with E-state index in [-0.39, 0.29) is 0 Å². The molecular formula is C16H22ClNO2. The van der Waals surface area contributed by atoms with Crippen molar-refractivity contribution in [2.45, 2.75) is 38.1 Å². The first-order valence-corrected chi connectivity index (χ1v) is 7.87. The van der Waals surface area contributed by atoms with Gasteiger partial charge in [0, 0.05) is 16.6 Å². The van der Waals surface area contributed by atoms with E-state index in [1.165, 1.54) is 25.7 Å². The maximum absolute atomic E-state index is 6.40. The van der Waals surface area contributed by atoms with Crippen molar-refractivity contribution in [3.63, 3.8) is 0 Å². The lowest BCUT2D eigenvalue weighted by atomic mass is 10.0. The molecule has 1 N–H and O–H groups in total. The molecule has 0 bridgehead atoms. The average molecular weight is 296 g/mol. The van der Waals surface area contributed by atoms with E-state index in [0.717, 1.165) is 47.6 Å². The average Bonchev–Trinajstić information content (AvgIpc) is 3.14. The Morgan fingerprint density at radius 2 is 2.15 bits per heavy atom. The molecular weight excluding hydrogens is 274 g/mol. The van der Waals surface area contributed by atoms with Gasteiger partial charge in [0.1, 0.15) is 0 Å². The molecule has 1 saturated heterocycles. The lowest BCUT2D eigenvalue weighted by Gasteiger charge is -2.19. The fourth-order valence-electron chi connectivity index (χ4n) is 2.75. The molecule has 0 spiro atoms. The molecule has 3 rings (SSSR count). The molecule has 2 aliphatic rings. The van der Waals surface area contributed by atoms with E-state index in [4.69, 9.17) is 21.1 Å². The van der Waals surface area contributed by atoms with Crippen LogP contribution in [0.5, 0.6) is 11.5 Å². The zero-order valence-corrected chi connectivity index (χ0v) is 12.7. The van der Waals surface area contributed by atoms with Gasteiger partial charge in [0.25, 0.3) is 0 Å². The van der Waals surface area contributed by atoms with Crippen LogP contribution in [0.1, 0.15) is 31.2 Å². The first-order valence-electron chi connectivity index (χ1n) is 7.49. The van der Waals surface area contributed by atoms with Gasteiger partial charge < -0.3 is 14.8 Å². The lowest BCUT2D eigenvalue weighted by Crippen LogP contribution is -2.24. The SMILES string of the molecule is COc1ccc(Cl)c(CC2CCCN2)c1OCC1CC1. The minimum absolute atomic E-state index is 0.503. The van der Waals surface area contributed by atoms with Crippen LogP contribution in [0.3, 0.4) is 0 Å². The summed E-state index contributed by atoms with van der Waals surface area (Å²) in [5, 5.41) is 4.30. The zero-order valence-electron chi connectivity index (χ0n) is 12.0. The topological polar surface area (TPSA) is 30.5 Å². The van der Waals surface area contributed by atoms with Gasteiger partial charge in [0.15, 0.2) is 11.5 Å². The second kappa shape index (κ2) is 6.23. The van der Waals surface area contributed by atoms with Gasteiger partial charge in [-0.15, -0.1) is 0 Å². The van der Waals surface area contributed by atoms with Crippen molar-refractivity contribution in [2.24, 2.45) is 5.92 Å². The van der Waals surface area contributed by atoms with E-state index >= 15 is 0 Å². The van der Waals surface area contributed by atoms with Gasteiger partial charge >= 0.3 is 0 Å². The fraction of sp³-hybridized carbons (Fsp3) is 0.625. The number of rotatable bonds is 6. The van der Waals surface area contributed by atoms with E-state index < -0.39 is 0 Å². The predicted octanol–water partition coefficient (Wildman–Crippen LogP) is 3.43. The molecule has 0 radical (unpaired) electrons. The number of methoxy groups -OCH3 is 1. The number of nitrogens with one attached hydrogen (secondary N) is 1. The highest BCUT2D eigenvalue weighted by atomic mass is 35.5. The zero-order chi connectivity index (χ0) is 13.9. The van der Waals surface area contributed by atoms with Crippen LogP contribution in [0.25, 0.3) is 0 Å². The molecule has 1 aliphatic carbocycles. The van der Waals surface area contributed by atoms with Crippen LogP contribution < -0.4 is 14.8 Å². The minimum Gasteiger partial charge on any atom is -0.493 e. The standard InChI is InChI=1S/C16H22ClNO2/c1-19-15-7-6-14(17)13(9-12-3-2-8-18-12)16(15)20-10-11-4-5-11/h6-7,11-12,18H,2-5,8-10H2,1H3. The van der Waals surface area contributed by atoms with Gasteiger partial charge in [-0.05, 0) is 56.7 Å². The Bertz CT molecular complexity index is 468. The Kier molecular flexibility index (Phi) is 4.37. The molecule has 1 heterocycles. The van der Waals surface area contributed by atoms with Crippen molar-refractivity contribution in [1.82, 2.24) is 5.32 Å². The Balaban J connectivity index is 1.82. The smallest absolute Gasteiger partial charge is 0.165 e. The highest BCUT2D eigenvalue weighted by Gasteiger charge is 2.25. The molecule has 1 unspecified atom stereocenters. The van der Waals surface area contributed by atoms with E-state index in [0.29, 0.717) is 6.04 Å². The van der Waals surface area contributed by atoms with Gasteiger partial charge in [0.05, 0.1) is 13.7 Å². The van der Waals surface area contributed by atoms with E-state index in [9.17, 15) is 0 Å². The number of hydrogen-bond donors (Lipinski definition) is 1.